The first kappa shape index (κ1) is 16.8. The predicted molar refractivity (Wildman–Crippen MR) is 89.8 cm³/mol. The number of benzene rings is 1. The van der Waals surface area contributed by atoms with E-state index in [0.29, 0.717) is 32.3 Å². The summed E-state index contributed by atoms with van der Waals surface area (Å²) in [6.07, 6.45) is 1.51. The van der Waals surface area contributed by atoms with Crippen LogP contribution >= 0.6 is 45.8 Å². The van der Waals surface area contributed by atoms with Crippen LogP contribution in [0.1, 0.15) is 23.2 Å². The quantitative estimate of drug-likeness (QED) is 0.400. The average molecular weight is 442 g/mol. The van der Waals surface area contributed by atoms with Crippen molar-refractivity contribution in [3.63, 3.8) is 0 Å². The number of piperidine rings is 1. The highest BCUT2D eigenvalue weighted by atomic mass is 127. The maximum Gasteiger partial charge on any atom is 0.310 e. The largest absolute Gasteiger partial charge is 0.469 e. The SMILES string of the molecule is COC(=O)[C@H]1CCCN(C(=O)c2cc(Cl)cc(Cl)c2I)C1. The van der Waals surface area contributed by atoms with Crippen molar-refractivity contribution in [2.75, 3.05) is 20.2 Å². The Labute approximate surface area is 146 Å². The van der Waals surface area contributed by atoms with Gasteiger partial charge in [-0.15, -0.1) is 0 Å². The van der Waals surface area contributed by atoms with Crippen molar-refractivity contribution in [1.82, 2.24) is 4.90 Å². The first-order chi connectivity index (χ1) is 9.93. The van der Waals surface area contributed by atoms with Crippen molar-refractivity contribution in [1.29, 1.82) is 0 Å². The Hall–Kier alpha value is -0.530. The highest BCUT2D eigenvalue weighted by Crippen LogP contribution is 2.29. The average Bonchev–Trinajstić information content (AvgIpc) is 2.49. The van der Waals surface area contributed by atoms with Crippen LogP contribution in [0.5, 0.6) is 0 Å². The summed E-state index contributed by atoms with van der Waals surface area (Å²) in [7, 11) is 1.36. The molecule has 0 spiro atoms. The molecule has 0 aromatic heterocycles. The molecular formula is C14H14Cl2INO3. The summed E-state index contributed by atoms with van der Waals surface area (Å²) in [6, 6.07) is 3.22. The zero-order valence-electron chi connectivity index (χ0n) is 11.4. The topological polar surface area (TPSA) is 46.6 Å². The third-order valence-corrected chi connectivity index (χ3v) is 5.46. The van der Waals surface area contributed by atoms with E-state index in [0.717, 1.165) is 12.8 Å². The normalized spacial score (nSPS) is 18.5. The Morgan fingerprint density at radius 2 is 2.10 bits per heavy atom. The number of ether oxygens (including phenoxy) is 1. The lowest BCUT2D eigenvalue weighted by Crippen LogP contribution is -2.42. The van der Waals surface area contributed by atoms with Gasteiger partial charge in [0.1, 0.15) is 0 Å². The minimum atomic E-state index is -0.272. The maximum atomic E-state index is 12.6. The van der Waals surface area contributed by atoms with Crippen molar-refractivity contribution in [3.8, 4) is 0 Å². The zero-order chi connectivity index (χ0) is 15.6. The van der Waals surface area contributed by atoms with E-state index in [1.54, 1.807) is 17.0 Å². The Balaban J connectivity index is 2.22. The fourth-order valence-electron chi connectivity index (χ4n) is 2.40. The third-order valence-electron chi connectivity index (χ3n) is 3.47. The van der Waals surface area contributed by atoms with E-state index in [4.69, 9.17) is 27.9 Å². The number of nitrogens with zero attached hydrogens (tertiary/aromatic N) is 1. The summed E-state index contributed by atoms with van der Waals surface area (Å²) < 4.78 is 5.44. The number of likely N-dealkylation sites (tertiary alicyclic amines) is 1. The summed E-state index contributed by atoms with van der Waals surface area (Å²) in [5.41, 5.74) is 0.471. The van der Waals surface area contributed by atoms with Gasteiger partial charge in [-0.05, 0) is 47.6 Å². The Morgan fingerprint density at radius 3 is 2.76 bits per heavy atom. The molecule has 1 saturated heterocycles. The lowest BCUT2D eigenvalue weighted by Gasteiger charge is -2.31. The van der Waals surface area contributed by atoms with E-state index in [9.17, 15) is 9.59 Å². The molecule has 1 atom stereocenters. The van der Waals surface area contributed by atoms with Crippen molar-refractivity contribution in [2.45, 2.75) is 12.8 Å². The fraction of sp³-hybridized carbons (Fsp3) is 0.429. The first-order valence-corrected chi connectivity index (χ1v) is 8.29. The molecule has 114 valence electrons. The van der Waals surface area contributed by atoms with E-state index < -0.39 is 0 Å². The van der Waals surface area contributed by atoms with E-state index in [-0.39, 0.29) is 17.8 Å². The van der Waals surface area contributed by atoms with Gasteiger partial charge in [0.2, 0.25) is 0 Å². The van der Waals surface area contributed by atoms with Crippen LogP contribution in [0.4, 0.5) is 0 Å². The molecule has 1 fully saturated rings. The van der Waals surface area contributed by atoms with Crippen LogP contribution in [-0.4, -0.2) is 37.0 Å². The number of halogens is 3. The summed E-state index contributed by atoms with van der Waals surface area (Å²) in [5, 5.41) is 0.873. The Morgan fingerprint density at radius 1 is 1.38 bits per heavy atom. The number of carbonyl (C=O) groups excluding carboxylic acids is 2. The molecule has 0 unspecified atom stereocenters. The summed E-state index contributed by atoms with van der Waals surface area (Å²) >= 11 is 14.1. The molecule has 1 aromatic carbocycles. The second-order valence-electron chi connectivity index (χ2n) is 4.86. The standard InChI is InChI=1S/C14H14Cl2INO3/c1-21-14(20)8-3-2-4-18(7-8)13(19)10-5-9(15)6-11(16)12(10)17/h5-6,8H,2-4,7H2,1H3/t8-/m0/s1. The molecule has 1 aliphatic heterocycles. The van der Waals surface area contributed by atoms with Crippen LogP contribution < -0.4 is 0 Å². The second kappa shape index (κ2) is 7.15. The number of rotatable bonds is 2. The van der Waals surface area contributed by atoms with E-state index in [2.05, 4.69) is 0 Å². The molecule has 0 bridgehead atoms. The fourth-order valence-corrected chi connectivity index (χ4v) is 3.44. The molecule has 2 rings (SSSR count). The van der Waals surface area contributed by atoms with Gasteiger partial charge < -0.3 is 9.64 Å². The van der Waals surface area contributed by atoms with Crippen molar-refractivity contribution in [2.24, 2.45) is 5.92 Å². The molecular weight excluding hydrogens is 428 g/mol. The van der Waals surface area contributed by atoms with Gasteiger partial charge in [0.25, 0.3) is 5.91 Å². The maximum absolute atomic E-state index is 12.6. The van der Waals surface area contributed by atoms with Gasteiger partial charge in [0, 0.05) is 21.7 Å². The monoisotopic (exact) mass is 441 g/mol. The molecule has 1 aliphatic rings. The third kappa shape index (κ3) is 3.81. The van der Waals surface area contributed by atoms with Crippen LogP contribution in [0.2, 0.25) is 10.0 Å². The minimum absolute atomic E-state index is 0.155. The molecule has 0 N–H and O–H groups in total. The van der Waals surface area contributed by atoms with Gasteiger partial charge in [-0.2, -0.15) is 0 Å². The number of amides is 1. The van der Waals surface area contributed by atoms with Crippen LogP contribution in [0, 0.1) is 9.49 Å². The minimum Gasteiger partial charge on any atom is -0.469 e. The first-order valence-electron chi connectivity index (χ1n) is 6.45. The summed E-state index contributed by atoms with van der Waals surface area (Å²) in [6.45, 7) is 0.984. The number of esters is 1. The second-order valence-corrected chi connectivity index (χ2v) is 6.79. The molecule has 7 heteroatoms. The van der Waals surface area contributed by atoms with Gasteiger partial charge in [-0.25, -0.2) is 0 Å². The van der Waals surface area contributed by atoms with Crippen LogP contribution in [0.3, 0.4) is 0 Å². The smallest absolute Gasteiger partial charge is 0.310 e. The zero-order valence-corrected chi connectivity index (χ0v) is 15.0. The molecule has 0 radical (unpaired) electrons. The predicted octanol–water partition coefficient (Wildman–Crippen LogP) is 3.62. The lowest BCUT2D eigenvalue weighted by atomic mass is 9.97. The van der Waals surface area contributed by atoms with Gasteiger partial charge in [0.15, 0.2) is 0 Å². The van der Waals surface area contributed by atoms with Crippen LogP contribution in [0.25, 0.3) is 0 Å². The van der Waals surface area contributed by atoms with Crippen LogP contribution in [0.15, 0.2) is 12.1 Å². The molecule has 4 nitrogen and oxygen atoms in total. The number of carbonyl (C=O) groups is 2. The Kier molecular flexibility index (Phi) is 5.73. The molecule has 21 heavy (non-hydrogen) atoms. The van der Waals surface area contributed by atoms with Gasteiger partial charge in [-0.1, -0.05) is 23.2 Å². The molecule has 1 aromatic rings. The Bertz CT molecular complexity index is 580. The van der Waals surface area contributed by atoms with E-state index >= 15 is 0 Å². The number of methoxy groups -OCH3 is 1. The summed E-state index contributed by atoms with van der Waals surface area (Å²) in [4.78, 5) is 25.9. The molecule has 1 heterocycles. The van der Waals surface area contributed by atoms with Gasteiger partial charge >= 0.3 is 5.97 Å². The van der Waals surface area contributed by atoms with Crippen molar-refractivity contribution >= 4 is 57.7 Å². The van der Waals surface area contributed by atoms with Crippen molar-refractivity contribution in [3.05, 3.63) is 31.3 Å². The van der Waals surface area contributed by atoms with E-state index in [1.807, 2.05) is 22.6 Å². The number of hydrogen-bond acceptors (Lipinski definition) is 3. The van der Waals surface area contributed by atoms with Crippen molar-refractivity contribution < 1.29 is 14.3 Å². The van der Waals surface area contributed by atoms with Gasteiger partial charge in [-0.3, -0.25) is 9.59 Å². The van der Waals surface area contributed by atoms with Crippen LogP contribution in [-0.2, 0) is 9.53 Å². The molecule has 1 amide bonds. The van der Waals surface area contributed by atoms with Gasteiger partial charge in [0.05, 0.1) is 23.6 Å². The molecule has 0 aliphatic carbocycles. The molecule has 0 saturated carbocycles. The number of hydrogen-bond donors (Lipinski definition) is 0. The summed E-state index contributed by atoms with van der Waals surface area (Å²) in [5.74, 6) is -0.691. The highest BCUT2D eigenvalue weighted by Gasteiger charge is 2.30. The lowest BCUT2D eigenvalue weighted by molar-refractivity contribution is -0.146. The highest BCUT2D eigenvalue weighted by molar-refractivity contribution is 14.1. The van der Waals surface area contributed by atoms with E-state index in [1.165, 1.54) is 7.11 Å².